The number of hydrogen-bond donors (Lipinski definition) is 1. The first-order valence-corrected chi connectivity index (χ1v) is 6.74. The summed E-state index contributed by atoms with van der Waals surface area (Å²) in [6.45, 7) is 2.39. The van der Waals surface area contributed by atoms with Crippen LogP contribution in [0.1, 0.15) is 55.1 Å². The Morgan fingerprint density at radius 2 is 1.50 bits per heavy atom. The average Bonchev–Trinajstić information content (AvgIpc) is 2.28. The molecule has 1 heteroatoms. The molecule has 1 saturated carbocycles. The van der Waals surface area contributed by atoms with E-state index < -0.39 is 0 Å². The van der Waals surface area contributed by atoms with Gasteiger partial charge in [-0.1, -0.05) is 30.7 Å². The molecule has 0 unspecified atom stereocenters. The molecule has 1 N–H and O–H groups in total. The van der Waals surface area contributed by atoms with Gasteiger partial charge in [0.15, 0.2) is 0 Å². The maximum absolute atomic E-state index is 3.44. The molecule has 1 nitrogen and oxygen atoms in total. The Morgan fingerprint density at radius 1 is 0.875 bits per heavy atom. The van der Waals surface area contributed by atoms with E-state index in [-0.39, 0.29) is 0 Å². The van der Waals surface area contributed by atoms with E-state index in [1.54, 1.807) is 11.1 Å². The van der Waals surface area contributed by atoms with Crippen molar-refractivity contribution < 1.29 is 0 Å². The number of rotatable bonds is 2. The lowest BCUT2D eigenvalue weighted by atomic mass is 9.78. The fourth-order valence-corrected chi connectivity index (χ4v) is 2.96. The average molecular weight is 215 g/mol. The Balaban J connectivity index is 1.77. The minimum absolute atomic E-state index is 0.807. The van der Waals surface area contributed by atoms with Gasteiger partial charge in [-0.15, -0.1) is 0 Å². The third kappa shape index (κ3) is 2.01. The highest BCUT2D eigenvalue weighted by atomic mass is 14.9. The van der Waals surface area contributed by atoms with Crippen LogP contribution in [0.2, 0.25) is 0 Å². The highest BCUT2D eigenvalue weighted by Crippen LogP contribution is 2.37. The number of benzene rings is 1. The molecule has 3 rings (SSSR count). The zero-order valence-corrected chi connectivity index (χ0v) is 9.91. The van der Waals surface area contributed by atoms with Gasteiger partial charge in [0.2, 0.25) is 0 Å². The second-order valence-corrected chi connectivity index (χ2v) is 5.32. The normalized spacial score (nSPS) is 23.0. The Hall–Kier alpha value is -0.820. The number of piperidine rings is 1. The molecule has 1 aromatic rings. The van der Waals surface area contributed by atoms with E-state index in [4.69, 9.17) is 0 Å². The van der Waals surface area contributed by atoms with E-state index in [9.17, 15) is 0 Å². The zero-order chi connectivity index (χ0) is 10.8. The van der Waals surface area contributed by atoms with Crippen molar-refractivity contribution in [3.8, 4) is 0 Å². The van der Waals surface area contributed by atoms with Crippen LogP contribution in [-0.2, 0) is 0 Å². The minimum Gasteiger partial charge on any atom is -0.317 e. The first-order valence-electron chi connectivity index (χ1n) is 6.74. The lowest BCUT2D eigenvalue weighted by molar-refractivity contribution is 0.418. The van der Waals surface area contributed by atoms with Crippen LogP contribution in [0.4, 0.5) is 0 Å². The molecule has 0 spiro atoms. The third-order valence-corrected chi connectivity index (χ3v) is 4.30. The second-order valence-electron chi connectivity index (χ2n) is 5.32. The highest BCUT2D eigenvalue weighted by Gasteiger charge is 2.21. The van der Waals surface area contributed by atoms with E-state index in [0.717, 1.165) is 11.8 Å². The fourth-order valence-electron chi connectivity index (χ4n) is 2.96. The quantitative estimate of drug-likeness (QED) is 0.797. The van der Waals surface area contributed by atoms with Gasteiger partial charge in [-0.05, 0) is 61.7 Å². The largest absolute Gasteiger partial charge is 0.317 e. The van der Waals surface area contributed by atoms with Crippen LogP contribution in [-0.4, -0.2) is 13.1 Å². The van der Waals surface area contributed by atoms with Gasteiger partial charge in [-0.2, -0.15) is 0 Å². The molecule has 2 fully saturated rings. The van der Waals surface area contributed by atoms with Gasteiger partial charge in [0, 0.05) is 0 Å². The molecular formula is C15H21N. The van der Waals surface area contributed by atoms with Crippen LogP contribution in [0.5, 0.6) is 0 Å². The van der Waals surface area contributed by atoms with Gasteiger partial charge in [-0.3, -0.25) is 0 Å². The smallest absolute Gasteiger partial charge is 0.00431 e. The summed E-state index contributed by atoms with van der Waals surface area (Å²) >= 11 is 0. The predicted molar refractivity (Wildman–Crippen MR) is 67.9 cm³/mol. The van der Waals surface area contributed by atoms with Crippen molar-refractivity contribution in [3.05, 3.63) is 35.4 Å². The molecule has 16 heavy (non-hydrogen) atoms. The SMILES string of the molecule is c1cc(C2CCC2)cc(C2CCNCC2)c1. The van der Waals surface area contributed by atoms with Gasteiger partial charge < -0.3 is 5.32 Å². The molecule has 1 aliphatic heterocycles. The first-order chi connectivity index (χ1) is 7.93. The van der Waals surface area contributed by atoms with E-state index >= 15 is 0 Å². The summed E-state index contributed by atoms with van der Waals surface area (Å²) in [6.07, 6.45) is 6.88. The number of nitrogens with one attached hydrogen (secondary N) is 1. The number of hydrogen-bond acceptors (Lipinski definition) is 1. The summed E-state index contributed by atoms with van der Waals surface area (Å²) in [4.78, 5) is 0. The molecule has 1 heterocycles. The summed E-state index contributed by atoms with van der Waals surface area (Å²) in [6, 6.07) is 9.41. The Bertz CT molecular complexity index is 348. The van der Waals surface area contributed by atoms with E-state index in [2.05, 4.69) is 29.6 Å². The van der Waals surface area contributed by atoms with E-state index in [1.165, 1.54) is 45.2 Å². The fraction of sp³-hybridized carbons (Fsp3) is 0.600. The predicted octanol–water partition coefficient (Wildman–Crippen LogP) is 3.42. The van der Waals surface area contributed by atoms with Crippen molar-refractivity contribution in [1.82, 2.24) is 5.32 Å². The van der Waals surface area contributed by atoms with E-state index in [1.807, 2.05) is 0 Å². The van der Waals surface area contributed by atoms with Crippen LogP contribution in [0.3, 0.4) is 0 Å². The van der Waals surface area contributed by atoms with Crippen LogP contribution in [0.15, 0.2) is 24.3 Å². The monoisotopic (exact) mass is 215 g/mol. The lowest BCUT2D eigenvalue weighted by Crippen LogP contribution is -2.26. The van der Waals surface area contributed by atoms with Gasteiger partial charge in [-0.25, -0.2) is 0 Å². The highest BCUT2D eigenvalue weighted by molar-refractivity contribution is 5.30. The van der Waals surface area contributed by atoms with Gasteiger partial charge in [0.1, 0.15) is 0 Å². The lowest BCUT2D eigenvalue weighted by Gasteiger charge is -2.28. The Labute approximate surface area is 98.3 Å². The van der Waals surface area contributed by atoms with Gasteiger partial charge in [0.05, 0.1) is 0 Å². The summed E-state index contributed by atoms with van der Waals surface area (Å²) in [5.74, 6) is 1.68. The summed E-state index contributed by atoms with van der Waals surface area (Å²) in [7, 11) is 0. The van der Waals surface area contributed by atoms with Crippen LogP contribution >= 0.6 is 0 Å². The second kappa shape index (κ2) is 4.58. The van der Waals surface area contributed by atoms with E-state index in [0.29, 0.717) is 0 Å². The van der Waals surface area contributed by atoms with Gasteiger partial charge in [0.25, 0.3) is 0 Å². The molecule has 1 aromatic carbocycles. The zero-order valence-electron chi connectivity index (χ0n) is 9.91. The van der Waals surface area contributed by atoms with Crippen molar-refractivity contribution in [2.45, 2.75) is 43.9 Å². The molecule has 0 bridgehead atoms. The minimum atomic E-state index is 0.807. The summed E-state index contributed by atoms with van der Waals surface area (Å²) in [5, 5.41) is 3.44. The van der Waals surface area contributed by atoms with Crippen LogP contribution < -0.4 is 5.32 Å². The maximum Gasteiger partial charge on any atom is -0.00431 e. The third-order valence-electron chi connectivity index (χ3n) is 4.30. The Morgan fingerprint density at radius 3 is 2.06 bits per heavy atom. The van der Waals surface area contributed by atoms with Crippen LogP contribution in [0, 0.1) is 0 Å². The molecule has 0 radical (unpaired) electrons. The molecule has 1 aliphatic carbocycles. The first kappa shape index (κ1) is 10.3. The molecule has 0 atom stereocenters. The molecule has 1 saturated heterocycles. The molecule has 0 amide bonds. The van der Waals surface area contributed by atoms with Crippen molar-refractivity contribution >= 4 is 0 Å². The topological polar surface area (TPSA) is 12.0 Å². The molecule has 2 aliphatic rings. The van der Waals surface area contributed by atoms with Gasteiger partial charge >= 0.3 is 0 Å². The van der Waals surface area contributed by atoms with Crippen molar-refractivity contribution in [2.24, 2.45) is 0 Å². The standard InChI is InChI=1S/C15H21N/c1-3-12(4-1)14-5-2-6-15(11-14)13-7-9-16-10-8-13/h2,5-6,11-13,16H,1,3-4,7-10H2. The maximum atomic E-state index is 3.44. The summed E-state index contributed by atoms with van der Waals surface area (Å²) in [5.41, 5.74) is 3.19. The molecule has 0 aromatic heterocycles. The van der Waals surface area contributed by atoms with Crippen molar-refractivity contribution in [3.63, 3.8) is 0 Å². The molecular weight excluding hydrogens is 194 g/mol. The Kier molecular flexibility index (Phi) is 2.96. The van der Waals surface area contributed by atoms with Crippen molar-refractivity contribution in [2.75, 3.05) is 13.1 Å². The molecule has 86 valence electrons. The van der Waals surface area contributed by atoms with Crippen molar-refractivity contribution in [1.29, 1.82) is 0 Å². The summed E-state index contributed by atoms with van der Waals surface area (Å²) < 4.78 is 0. The van der Waals surface area contributed by atoms with Crippen LogP contribution in [0.25, 0.3) is 0 Å².